The zero-order chi connectivity index (χ0) is 17.5. The zero-order valence-electron chi connectivity index (χ0n) is 11.9. The van der Waals surface area contributed by atoms with Crippen molar-refractivity contribution in [2.24, 2.45) is 5.14 Å². The van der Waals surface area contributed by atoms with Crippen LogP contribution >= 0.6 is 11.3 Å². The number of thiophene rings is 1. The summed E-state index contributed by atoms with van der Waals surface area (Å²) in [7, 11) is -3.88. The van der Waals surface area contributed by atoms with Crippen LogP contribution in [0.3, 0.4) is 0 Å². The van der Waals surface area contributed by atoms with Crippen LogP contribution < -0.4 is 5.14 Å². The first-order valence-corrected chi connectivity index (χ1v) is 8.93. The number of aromatic nitrogens is 2. The highest BCUT2D eigenvalue weighted by Crippen LogP contribution is 2.34. The summed E-state index contributed by atoms with van der Waals surface area (Å²) in [6, 6.07) is 9.49. The van der Waals surface area contributed by atoms with Crippen LogP contribution in [-0.4, -0.2) is 18.2 Å². The number of hydrogen-bond acceptors (Lipinski definition) is 4. The minimum absolute atomic E-state index is 0.132. The second-order valence-corrected chi connectivity index (χ2v) is 7.35. The van der Waals surface area contributed by atoms with E-state index in [1.165, 1.54) is 35.6 Å². The van der Waals surface area contributed by atoms with Gasteiger partial charge in [0.25, 0.3) is 0 Å². The van der Waals surface area contributed by atoms with Crippen molar-refractivity contribution in [3.05, 3.63) is 53.5 Å². The molecule has 0 aliphatic heterocycles. The van der Waals surface area contributed by atoms with Gasteiger partial charge in [0.1, 0.15) is 0 Å². The maximum absolute atomic E-state index is 13.0. The number of rotatable bonds is 3. The molecule has 3 rings (SSSR count). The van der Waals surface area contributed by atoms with Crippen molar-refractivity contribution in [3.63, 3.8) is 0 Å². The Bertz CT molecular complexity index is 960. The van der Waals surface area contributed by atoms with Crippen molar-refractivity contribution >= 4 is 21.4 Å². The van der Waals surface area contributed by atoms with Crippen LogP contribution in [-0.2, 0) is 16.2 Å². The average molecular weight is 373 g/mol. The highest BCUT2D eigenvalue weighted by atomic mass is 32.2. The topological polar surface area (TPSA) is 78.0 Å². The number of alkyl halides is 3. The number of primary sulfonamides is 1. The lowest BCUT2D eigenvalue weighted by atomic mass is 10.2. The Morgan fingerprint density at radius 2 is 1.79 bits per heavy atom. The smallest absolute Gasteiger partial charge is 0.232 e. The van der Waals surface area contributed by atoms with Gasteiger partial charge in [-0.3, -0.25) is 0 Å². The van der Waals surface area contributed by atoms with Gasteiger partial charge in [-0.2, -0.15) is 18.3 Å². The van der Waals surface area contributed by atoms with Crippen molar-refractivity contribution in [3.8, 4) is 16.3 Å². The number of benzene rings is 1. The van der Waals surface area contributed by atoms with Gasteiger partial charge < -0.3 is 0 Å². The molecule has 1 aromatic carbocycles. The molecule has 0 unspecified atom stereocenters. The summed E-state index contributed by atoms with van der Waals surface area (Å²) >= 11 is 1.27. The van der Waals surface area contributed by atoms with Gasteiger partial charge >= 0.3 is 6.18 Å². The molecule has 0 amide bonds. The summed E-state index contributed by atoms with van der Waals surface area (Å²) in [4.78, 5) is 0.473. The van der Waals surface area contributed by atoms with E-state index in [1.807, 2.05) is 0 Å². The lowest BCUT2D eigenvalue weighted by Crippen LogP contribution is -2.12. The van der Waals surface area contributed by atoms with Crippen LogP contribution in [0.15, 0.2) is 52.7 Å². The molecule has 5 nitrogen and oxygen atoms in total. The standard InChI is InChI=1S/C14H10F3N3O2S2/c15-14(16,17)13-8-11(12-2-1-7-23-12)20(19-13)9-3-5-10(6-4-9)24(18,21)22/h1-8H,(H2,18,21,22). The van der Waals surface area contributed by atoms with Gasteiger partial charge in [0.2, 0.25) is 10.0 Å². The van der Waals surface area contributed by atoms with Crippen molar-refractivity contribution in [1.82, 2.24) is 9.78 Å². The molecule has 126 valence electrons. The zero-order valence-corrected chi connectivity index (χ0v) is 13.5. The second kappa shape index (κ2) is 5.72. The molecule has 2 N–H and O–H groups in total. The Morgan fingerprint density at radius 3 is 2.29 bits per heavy atom. The largest absolute Gasteiger partial charge is 0.435 e. The molecule has 0 fully saturated rings. The SMILES string of the molecule is NS(=O)(=O)c1ccc(-n2nc(C(F)(F)F)cc2-c2cccs2)cc1. The first-order valence-electron chi connectivity index (χ1n) is 6.50. The van der Waals surface area contributed by atoms with Crippen molar-refractivity contribution < 1.29 is 21.6 Å². The summed E-state index contributed by atoms with van der Waals surface area (Å²) in [6.45, 7) is 0. The van der Waals surface area contributed by atoms with Crippen LogP contribution in [0.25, 0.3) is 16.3 Å². The molecule has 10 heteroatoms. The van der Waals surface area contributed by atoms with Gasteiger partial charge in [-0.25, -0.2) is 18.2 Å². The quantitative estimate of drug-likeness (QED) is 0.765. The molecular weight excluding hydrogens is 363 g/mol. The molecule has 0 aliphatic carbocycles. The number of nitrogens with zero attached hydrogens (tertiary/aromatic N) is 2. The minimum atomic E-state index is -4.59. The summed E-state index contributed by atoms with van der Waals surface area (Å²) in [5.74, 6) is 0. The molecule has 2 aromatic heterocycles. The Balaban J connectivity index is 2.14. The summed E-state index contributed by atoms with van der Waals surface area (Å²) < 4.78 is 62.7. The predicted molar refractivity (Wildman–Crippen MR) is 83.3 cm³/mol. The summed E-state index contributed by atoms with van der Waals surface area (Å²) in [5.41, 5.74) is -0.469. The van der Waals surface area contributed by atoms with E-state index in [4.69, 9.17) is 5.14 Å². The molecule has 0 bridgehead atoms. The van der Waals surface area contributed by atoms with Gasteiger partial charge in [-0.1, -0.05) is 6.07 Å². The summed E-state index contributed by atoms with van der Waals surface area (Å²) in [6.07, 6.45) is -4.59. The molecule has 0 radical (unpaired) electrons. The molecule has 3 aromatic rings. The molecule has 0 saturated carbocycles. The van der Waals surface area contributed by atoms with Crippen molar-refractivity contribution in [1.29, 1.82) is 0 Å². The van der Waals surface area contributed by atoms with Gasteiger partial charge in [-0.05, 0) is 41.8 Å². The van der Waals surface area contributed by atoms with E-state index in [0.717, 1.165) is 10.7 Å². The van der Waals surface area contributed by atoms with E-state index in [2.05, 4.69) is 5.10 Å². The molecule has 0 atom stereocenters. The fourth-order valence-corrected chi connectivity index (χ4v) is 3.34. The lowest BCUT2D eigenvalue weighted by Gasteiger charge is -2.07. The maximum Gasteiger partial charge on any atom is 0.435 e. The normalized spacial score (nSPS) is 12.5. The monoisotopic (exact) mass is 373 g/mol. The first-order chi connectivity index (χ1) is 11.2. The van der Waals surface area contributed by atoms with Crippen molar-refractivity contribution in [2.75, 3.05) is 0 Å². The van der Waals surface area contributed by atoms with Crippen LogP contribution in [0.5, 0.6) is 0 Å². The highest BCUT2D eigenvalue weighted by Gasteiger charge is 2.35. The van der Waals surface area contributed by atoms with Crippen LogP contribution in [0.4, 0.5) is 13.2 Å². The van der Waals surface area contributed by atoms with E-state index >= 15 is 0 Å². The fourth-order valence-electron chi connectivity index (χ4n) is 2.09. The predicted octanol–water partition coefficient (Wildman–Crippen LogP) is 3.27. The molecule has 0 spiro atoms. The van der Waals surface area contributed by atoms with E-state index < -0.39 is 21.9 Å². The van der Waals surface area contributed by atoms with Crippen molar-refractivity contribution in [2.45, 2.75) is 11.1 Å². The first kappa shape index (κ1) is 16.7. The Morgan fingerprint density at radius 1 is 1.12 bits per heavy atom. The highest BCUT2D eigenvalue weighted by molar-refractivity contribution is 7.89. The maximum atomic E-state index is 13.0. The Labute approximate surface area is 139 Å². The van der Waals surface area contributed by atoms with Crippen LogP contribution in [0, 0.1) is 0 Å². The van der Waals surface area contributed by atoms with Crippen LogP contribution in [0.2, 0.25) is 0 Å². The van der Waals surface area contributed by atoms with Crippen LogP contribution in [0.1, 0.15) is 5.69 Å². The fraction of sp³-hybridized carbons (Fsp3) is 0.0714. The molecule has 0 aliphatic rings. The second-order valence-electron chi connectivity index (χ2n) is 4.84. The summed E-state index contributed by atoms with van der Waals surface area (Å²) in [5, 5.41) is 10.4. The third kappa shape index (κ3) is 3.21. The molecule has 24 heavy (non-hydrogen) atoms. The van der Waals surface area contributed by atoms with E-state index in [-0.39, 0.29) is 10.6 Å². The number of halogens is 3. The third-order valence-corrected chi connectivity index (χ3v) is 5.00. The average Bonchev–Trinajstić information content (AvgIpc) is 3.15. The lowest BCUT2D eigenvalue weighted by molar-refractivity contribution is -0.141. The van der Waals surface area contributed by atoms with Gasteiger partial charge in [0, 0.05) is 0 Å². The van der Waals surface area contributed by atoms with E-state index in [1.54, 1.807) is 17.5 Å². The number of hydrogen-bond donors (Lipinski definition) is 1. The van der Waals surface area contributed by atoms with E-state index in [0.29, 0.717) is 10.6 Å². The van der Waals surface area contributed by atoms with E-state index in [9.17, 15) is 21.6 Å². The Kier molecular flexibility index (Phi) is 3.98. The number of nitrogens with two attached hydrogens (primary N) is 1. The third-order valence-electron chi connectivity index (χ3n) is 3.18. The van der Waals surface area contributed by atoms with Gasteiger partial charge in [0.05, 0.1) is 21.2 Å². The Hall–Kier alpha value is -2.17. The minimum Gasteiger partial charge on any atom is -0.232 e. The molecule has 0 saturated heterocycles. The molecule has 2 heterocycles. The van der Waals surface area contributed by atoms with Gasteiger partial charge in [-0.15, -0.1) is 11.3 Å². The number of sulfonamides is 1. The molecular formula is C14H10F3N3O2S2. The van der Waals surface area contributed by atoms with Gasteiger partial charge in [0.15, 0.2) is 5.69 Å².